The van der Waals surface area contributed by atoms with Crippen molar-refractivity contribution < 1.29 is 13.9 Å². The normalized spacial score (nSPS) is 16.9. The minimum Gasteiger partial charge on any atom is -0.494 e. The molecule has 168 valence electrons. The molecule has 1 aromatic heterocycles. The topological polar surface area (TPSA) is 62.2 Å². The number of methoxy groups -OCH3 is 1. The Morgan fingerprint density at radius 2 is 2.19 bits per heavy atom. The van der Waals surface area contributed by atoms with Crippen LogP contribution in [0.2, 0.25) is 0 Å². The lowest BCUT2D eigenvalue weighted by Crippen LogP contribution is -2.41. The van der Waals surface area contributed by atoms with Crippen molar-refractivity contribution in [3.8, 4) is 5.75 Å². The second-order valence-electron chi connectivity index (χ2n) is 7.64. The monoisotopic (exact) mass is 429 g/mol. The van der Waals surface area contributed by atoms with Gasteiger partial charge >= 0.3 is 0 Å². The van der Waals surface area contributed by atoms with Gasteiger partial charge in [0, 0.05) is 39.4 Å². The van der Waals surface area contributed by atoms with Crippen molar-refractivity contribution in [2.45, 2.75) is 33.0 Å². The highest BCUT2D eigenvalue weighted by Crippen LogP contribution is 2.19. The lowest BCUT2D eigenvalue weighted by molar-refractivity contribution is 0.0529. The number of guanidine groups is 1. The first-order valence-corrected chi connectivity index (χ1v) is 10.6. The van der Waals surface area contributed by atoms with Crippen molar-refractivity contribution in [3.63, 3.8) is 0 Å². The number of hydrogen-bond acceptors (Lipinski definition) is 5. The molecular weight excluding hydrogens is 397 g/mol. The molecule has 0 aliphatic carbocycles. The van der Waals surface area contributed by atoms with Gasteiger partial charge in [-0.2, -0.15) is 0 Å². The summed E-state index contributed by atoms with van der Waals surface area (Å²) in [6.45, 7) is 8.30. The van der Waals surface area contributed by atoms with E-state index in [-0.39, 0.29) is 17.7 Å². The number of hydrogen-bond donors (Lipinski definition) is 1. The summed E-state index contributed by atoms with van der Waals surface area (Å²) in [5, 5.41) is 3.31. The highest BCUT2D eigenvalue weighted by Gasteiger charge is 2.18. The Morgan fingerprint density at radius 1 is 1.35 bits per heavy atom. The summed E-state index contributed by atoms with van der Waals surface area (Å²) < 4.78 is 24.7. The zero-order chi connectivity index (χ0) is 22.2. The van der Waals surface area contributed by atoms with Crippen LogP contribution in [0.4, 0.5) is 10.2 Å². The van der Waals surface area contributed by atoms with Crippen LogP contribution in [0.3, 0.4) is 0 Å². The number of halogens is 1. The number of anilines is 1. The molecule has 31 heavy (non-hydrogen) atoms. The maximum absolute atomic E-state index is 14.0. The number of aliphatic imine (C=N–C) groups is 1. The second kappa shape index (κ2) is 10.9. The van der Waals surface area contributed by atoms with Gasteiger partial charge in [0.05, 0.1) is 26.4 Å². The molecule has 1 N–H and O–H groups in total. The molecule has 0 bridgehead atoms. The third-order valence-electron chi connectivity index (χ3n) is 5.12. The second-order valence-corrected chi connectivity index (χ2v) is 7.64. The third kappa shape index (κ3) is 6.30. The van der Waals surface area contributed by atoms with Crippen LogP contribution in [0.15, 0.2) is 41.5 Å². The van der Waals surface area contributed by atoms with E-state index in [0.29, 0.717) is 19.7 Å². The molecule has 1 fully saturated rings. The van der Waals surface area contributed by atoms with Gasteiger partial charge in [0.2, 0.25) is 0 Å². The summed E-state index contributed by atoms with van der Waals surface area (Å²) in [4.78, 5) is 13.5. The molecule has 8 heteroatoms. The van der Waals surface area contributed by atoms with E-state index in [9.17, 15) is 4.39 Å². The first-order valence-electron chi connectivity index (χ1n) is 10.6. The summed E-state index contributed by atoms with van der Waals surface area (Å²) in [6, 6.07) is 9.08. The Hall–Kier alpha value is -2.87. The predicted octanol–water partition coefficient (Wildman–Crippen LogP) is 3.05. The van der Waals surface area contributed by atoms with Crippen molar-refractivity contribution in [1.29, 1.82) is 0 Å². The van der Waals surface area contributed by atoms with Gasteiger partial charge in [-0.05, 0) is 49.2 Å². The minimum atomic E-state index is -0.364. The number of aromatic nitrogens is 1. The van der Waals surface area contributed by atoms with Gasteiger partial charge in [-0.15, -0.1) is 0 Å². The largest absolute Gasteiger partial charge is 0.494 e. The molecule has 0 radical (unpaired) electrons. The van der Waals surface area contributed by atoms with Crippen LogP contribution in [0, 0.1) is 5.82 Å². The maximum atomic E-state index is 14.0. The van der Waals surface area contributed by atoms with E-state index in [1.165, 1.54) is 13.2 Å². The highest BCUT2D eigenvalue weighted by atomic mass is 19.1. The SMILES string of the molecule is CCNC(=NCc1ccnc(N2CCOC(C)C2)c1)N(C)Cc1ccc(OC)c(F)c1. The number of ether oxygens (including phenoxy) is 2. The third-order valence-corrected chi connectivity index (χ3v) is 5.12. The zero-order valence-corrected chi connectivity index (χ0v) is 18.8. The average Bonchev–Trinajstić information content (AvgIpc) is 2.77. The Labute approximate surface area is 183 Å². The summed E-state index contributed by atoms with van der Waals surface area (Å²) in [7, 11) is 3.40. The summed E-state index contributed by atoms with van der Waals surface area (Å²) in [5.74, 6) is 1.60. The smallest absolute Gasteiger partial charge is 0.194 e. The van der Waals surface area contributed by atoms with Crippen molar-refractivity contribution in [3.05, 3.63) is 53.5 Å². The molecule has 1 atom stereocenters. The van der Waals surface area contributed by atoms with Crippen molar-refractivity contribution >= 4 is 11.8 Å². The molecule has 1 aliphatic rings. The molecule has 2 heterocycles. The minimum absolute atomic E-state index is 0.203. The number of rotatable bonds is 7. The van der Waals surface area contributed by atoms with Crippen LogP contribution in [-0.2, 0) is 17.8 Å². The average molecular weight is 430 g/mol. The fraction of sp³-hybridized carbons (Fsp3) is 0.478. The Kier molecular flexibility index (Phi) is 8.06. The van der Waals surface area contributed by atoms with E-state index in [1.807, 2.05) is 37.2 Å². The number of morpholine rings is 1. The summed E-state index contributed by atoms with van der Waals surface area (Å²) >= 11 is 0. The van der Waals surface area contributed by atoms with E-state index in [0.717, 1.165) is 42.5 Å². The lowest BCUT2D eigenvalue weighted by Gasteiger charge is -2.32. The fourth-order valence-electron chi connectivity index (χ4n) is 3.55. The summed E-state index contributed by atoms with van der Waals surface area (Å²) in [5.41, 5.74) is 1.93. The number of benzene rings is 1. The van der Waals surface area contributed by atoms with Crippen LogP contribution in [0.25, 0.3) is 0 Å². The quantitative estimate of drug-likeness (QED) is 0.539. The molecule has 1 unspecified atom stereocenters. The van der Waals surface area contributed by atoms with Gasteiger partial charge in [0.25, 0.3) is 0 Å². The zero-order valence-electron chi connectivity index (χ0n) is 18.8. The molecule has 3 rings (SSSR count). The first-order chi connectivity index (χ1) is 15.0. The molecule has 0 saturated carbocycles. The first kappa shape index (κ1) is 22.8. The number of pyridine rings is 1. The molecule has 0 amide bonds. The highest BCUT2D eigenvalue weighted by molar-refractivity contribution is 5.79. The molecule has 1 saturated heterocycles. The lowest BCUT2D eigenvalue weighted by atomic mass is 10.2. The number of nitrogens with one attached hydrogen (secondary N) is 1. The predicted molar refractivity (Wildman–Crippen MR) is 121 cm³/mol. The summed E-state index contributed by atoms with van der Waals surface area (Å²) in [6.07, 6.45) is 2.03. The van der Waals surface area contributed by atoms with Crippen molar-refractivity contribution in [1.82, 2.24) is 15.2 Å². The van der Waals surface area contributed by atoms with E-state index < -0.39 is 0 Å². The van der Waals surface area contributed by atoms with Crippen molar-refractivity contribution in [2.75, 3.05) is 45.3 Å². The van der Waals surface area contributed by atoms with Gasteiger partial charge in [0.1, 0.15) is 5.82 Å². The van der Waals surface area contributed by atoms with E-state index in [2.05, 4.69) is 28.2 Å². The van der Waals surface area contributed by atoms with Crippen LogP contribution in [-0.4, -0.2) is 62.3 Å². The molecular formula is C23H32FN5O2. The van der Waals surface area contributed by atoms with Crippen LogP contribution in [0.1, 0.15) is 25.0 Å². The van der Waals surface area contributed by atoms with E-state index in [4.69, 9.17) is 14.5 Å². The Morgan fingerprint density at radius 3 is 2.90 bits per heavy atom. The molecule has 1 aliphatic heterocycles. The van der Waals surface area contributed by atoms with Gasteiger partial charge in [-0.25, -0.2) is 14.4 Å². The van der Waals surface area contributed by atoms with Crippen molar-refractivity contribution in [2.24, 2.45) is 4.99 Å². The van der Waals surface area contributed by atoms with Gasteiger partial charge in [-0.3, -0.25) is 0 Å². The fourth-order valence-corrected chi connectivity index (χ4v) is 3.55. The number of nitrogens with zero attached hydrogens (tertiary/aromatic N) is 4. The van der Waals surface area contributed by atoms with Gasteiger partial charge in [-0.1, -0.05) is 6.07 Å². The van der Waals surface area contributed by atoms with Crippen LogP contribution in [0.5, 0.6) is 5.75 Å². The van der Waals surface area contributed by atoms with Gasteiger partial charge in [0.15, 0.2) is 17.5 Å². The molecule has 2 aromatic rings. The molecule has 7 nitrogen and oxygen atoms in total. The van der Waals surface area contributed by atoms with Gasteiger partial charge < -0.3 is 24.6 Å². The maximum Gasteiger partial charge on any atom is 0.194 e. The Balaban J connectivity index is 1.69. The van der Waals surface area contributed by atoms with Crippen LogP contribution >= 0.6 is 0 Å². The molecule has 1 aromatic carbocycles. The van der Waals surface area contributed by atoms with E-state index in [1.54, 1.807) is 6.07 Å². The Bertz CT molecular complexity index is 892. The molecule has 0 spiro atoms. The standard InChI is InChI=1S/C23H32FN5O2/c1-5-25-23(28(3)16-19-6-7-21(30-4)20(24)12-19)27-14-18-8-9-26-22(13-18)29-10-11-31-17(2)15-29/h6-9,12-13,17H,5,10-11,14-16H2,1-4H3,(H,25,27). The van der Waals surface area contributed by atoms with Crippen LogP contribution < -0.4 is 15.0 Å². The van der Waals surface area contributed by atoms with E-state index >= 15 is 0 Å².